The van der Waals surface area contributed by atoms with Gasteiger partial charge in [-0.15, -0.1) is 11.8 Å². The van der Waals surface area contributed by atoms with Gasteiger partial charge in [-0.1, -0.05) is 35.9 Å². The molecule has 2 amide bonds. The third-order valence-corrected chi connectivity index (χ3v) is 5.66. The van der Waals surface area contributed by atoms with Crippen LogP contribution in [0.4, 0.5) is 5.69 Å². The molecule has 7 heteroatoms. The highest BCUT2D eigenvalue weighted by atomic mass is 32.2. The lowest BCUT2D eigenvalue weighted by molar-refractivity contribution is -0.136. The molecule has 3 rings (SSSR count). The van der Waals surface area contributed by atoms with Crippen LogP contribution in [-0.4, -0.2) is 55.8 Å². The maximum atomic E-state index is 12.4. The van der Waals surface area contributed by atoms with Gasteiger partial charge in [-0.25, -0.2) is 0 Å². The van der Waals surface area contributed by atoms with Crippen molar-refractivity contribution in [2.75, 3.05) is 44.4 Å². The van der Waals surface area contributed by atoms with Crippen LogP contribution in [0.1, 0.15) is 17.2 Å². The van der Waals surface area contributed by atoms with Gasteiger partial charge < -0.3 is 15.4 Å². The van der Waals surface area contributed by atoms with E-state index in [-0.39, 0.29) is 6.04 Å². The number of nitrogens with zero attached hydrogens (tertiary/aromatic N) is 1. The summed E-state index contributed by atoms with van der Waals surface area (Å²) in [4.78, 5) is 28.0. The van der Waals surface area contributed by atoms with Crippen LogP contribution in [0, 0.1) is 6.92 Å². The topological polar surface area (TPSA) is 70.7 Å². The number of anilines is 1. The maximum absolute atomic E-state index is 12.4. The molecule has 2 aromatic carbocycles. The molecule has 1 aliphatic heterocycles. The summed E-state index contributed by atoms with van der Waals surface area (Å²) < 4.78 is 5.46. The summed E-state index contributed by atoms with van der Waals surface area (Å²) in [5.41, 5.74) is 2.91. The molecule has 1 saturated heterocycles. The van der Waals surface area contributed by atoms with Gasteiger partial charge >= 0.3 is 11.8 Å². The van der Waals surface area contributed by atoms with Crippen LogP contribution in [0.15, 0.2) is 53.4 Å². The number of benzene rings is 2. The zero-order valence-electron chi connectivity index (χ0n) is 16.8. The van der Waals surface area contributed by atoms with Crippen molar-refractivity contribution in [3.05, 3.63) is 59.7 Å². The van der Waals surface area contributed by atoms with Gasteiger partial charge in [-0.3, -0.25) is 14.5 Å². The monoisotopic (exact) mass is 413 g/mol. The Hall–Kier alpha value is -2.35. The fraction of sp³-hybridized carbons (Fsp3) is 0.364. The van der Waals surface area contributed by atoms with Gasteiger partial charge in [-0.2, -0.15) is 0 Å². The number of hydrogen-bond donors (Lipinski definition) is 2. The van der Waals surface area contributed by atoms with Crippen LogP contribution >= 0.6 is 11.8 Å². The average molecular weight is 414 g/mol. The molecule has 0 aromatic heterocycles. The molecule has 0 radical (unpaired) electrons. The summed E-state index contributed by atoms with van der Waals surface area (Å²) >= 11 is 1.58. The van der Waals surface area contributed by atoms with Crippen molar-refractivity contribution in [2.24, 2.45) is 0 Å². The molecule has 1 heterocycles. The van der Waals surface area contributed by atoms with Crippen molar-refractivity contribution in [1.29, 1.82) is 0 Å². The molecule has 2 N–H and O–H groups in total. The van der Waals surface area contributed by atoms with Gasteiger partial charge in [0, 0.05) is 30.2 Å². The second-order valence-corrected chi connectivity index (χ2v) is 7.85. The Morgan fingerprint density at radius 3 is 2.52 bits per heavy atom. The van der Waals surface area contributed by atoms with E-state index in [0.29, 0.717) is 25.4 Å². The molecule has 2 aromatic rings. The zero-order chi connectivity index (χ0) is 20.6. The van der Waals surface area contributed by atoms with Gasteiger partial charge in [0.1, 0.15) is 0 Å². The van der Waals surface area contributed by atoms with Crippen LogP contribution < -0.4 is 10.6 Å². The summed E-state index contributed by atoms with van der Waals surface area (Å²) in [6, 6.07) is 15.7. The van der Waals surface area contributed by atoms with E-state index in [9.17, 15) is 9.59 Å². The van der Waals surface area contributed by atoms with Crippen molar-refractivity contribution in [2.45, 2.75) is 17.9 Å². The van der Waals surface area contributed by atoms with E-state index in [1.54, 1.807) is 17.8 Å². The first-order valence-corrected chi connectivity index (χ1v) is 10.9. The third-order valence-electron chi connectivity index (χ3n) is 4.94. The molecule has 29 heavy (non-hydrogen) atoms. The van der Waals surface area contributed by atoms with Crippen molar-refractivity contribution in [3.63, 3.8) is 0 Å². The molecule has 0 aliphatic carbocycles. The first-order valence-electron chi connectivity index (χ1n) is 9.68. The van der Waals surface area contributed by atoms with Crippen molar-refractivity contribution in [3.8, 4) is 0 Å². The molecule has 1 aliphatic rings. The van der Waals surface area contributed by atoms with E-state index < -0.39 is 11.8 Å². The van der Waals surface area contributed by atoms with E-state index in [1.807, 2.05) is 31.4 Å². The van der Waals surface area contributed by atoms with Crippen LogP contribution in [-0.2, 0) is 14.3 Å². The average Bonchev–Trinajstić information content (AvgIpc) is 2.75. The highest BCUT2D eigenvalue weighted by Gasteiger charge is 2.24. The normalized spacial score (nSPS) is 15.5. The standard InChI is InChI=1S/C22H27N3O3S/c1-16-6-8-17(9-7-16)20(25-10-12-28-13-11-25)15-23-21(26)22(27)24-18-4-3-5-19(14-18)29-2/h3-9,14,20H,10-13,15H2,1-2H3,(H,23,26)(H,24,27)/t20-/m1/s1. The lowest BCUT2D eigenvalue weighted by Crippen LogP contribution is -2.45. The van der Waals surface area contributed by atoms with E-state index in [1.165, 1.54) is 5.56 Å². The molecule has 1 fully saturated rings. The summed E-state index contributed by atoms with van der Waals surface area (Å²) in [5.74, 6) is -1.29. The maximum Gasteiger partial charge on any atom is 0.313 e. The van der Waals surface area contributed by atoms with Gasteiger partial charge in [0.15, 0.2) is 0 Å². The Morgan fingerprint density at radius 1 is 1.10 bits per heavy atom. The minimum atomic E-state index is -0.659. The minimum absolute atomic E-state index is 0.00364. The number of thioether (sulfide) groups is 1. The molecule has 154 valence electrons. The molecule has 0 unspecified atom stereocenters. The number of carbonyl (C=O) groups excluding carboxylic acids is 2. The SMILES string of the molecule is CSc1cccc(NC(=O)C(=O)NC[C@H](c2ccc(C)cc2)N2CCOCC2)c1. The number of ether oxygens (including phenoxy) is 1. The van der Waals surface area contributed by atoms with Gasteiger partial charge in [0.2, 0.25) is 0 Å². The smallest absolute Gasteiger partial charge is 0.313 e. The van der Waals surface area contributed by atoms with E-state index >= 15 is 0 Å². The van der Waals surface area contributed by atoms with Gasteiger partial charge in [0.25, 0.3) is 0 Å². The molecular formula is C22H27N3O3S. The minimum Gasteiger partial charge on any atom is -0.379 e. The number of morpholine rings is 1. The second kappa shape index (κ2) is 10.4. The van der Waals surface area contributed by atoms with Crippen molar-refractivity contribution < 1.29 is 14.3 Å². The Labute approximate surface area is 176 Å². The Bertz CT molecular complexity index is 835. The number of hydrogen-bond acceptors (Lipinski definition) is 5. The summed E-state index contributed by atoms with van der Waals surface area (Å²) in [6.07, 6.45) is 1.96. The summed E-state index contributed by atoms with van der Waals surface area (Å²) in [5, 5.41) is 5.47. The largest absolute Gasteiger partial charge is 0.379 e. The van der Waals surface area contributed by atoms with E-state index in [0.717, 1.165) is 23.5 Å². The van der Waals surface area contributed by atoms with Gasteiger partial charge in [-0.05, 0) is 36.9 Å². The van der Waals surface area contributed by atoms with Crippen LogP contribution in [0.5, 0.6) is 0 Å². The first-order chi connectivity index (χ1) is 14.1. The molecule has 1 atom stereocenters. The number of carbonyl (C=O) groups is 2. The molecule has 0 spiro atoms. The van der Waals surface area contributed by atoms with Crippen LogP contribution in [0.25, 0.3) is 0 Å². The Kier molecular flexibility index (Phi) is 7.69. The number of nitrogens with one attached hydrogen (secondary N) is 2. The quantitative estimate of drug-likeness (QED) is 0.563. The number of aryl methyl sites for hydroxylation is 1. The van der Waals surface area contributed by atoms with Crippen LogP contribution in [0.2, 0.25) is 0 Å². The molecular weight excluding hydrogens is 386 g/mol. The summed E-state index contributed by atoms with van der Waals surface area (Å²) in [7, 11) is 0. The Morgan fingerprint density at radius 2 is 1.83 bits per heavy atom. The zero-order valence-corrected chi connectivity index (χ0v) is 17.6. The van der Waals surface area contributed by atoms with Crippen molar-refractivity contribution in [1.82, 2.24) is 10.2 Å². The fourth-order valence-electron chi connectivity index (χ4n) is 3.29. The highest BCUT2D eigenvalue weighted by Crippen LogP contribution is 2.22. The van der Waals surface area contributed by atoms with Crippen LogP contribution in [0.3, 0.4) is 0 Å². The second-order valence-electron chi connectivity index (χ2n) is 6.97. The highest BCUT2D eigenvalue weighted by molar-refractivity contribution is 7.98. The van der Waals surface area contributed by atoms with Crippen molar-refractivity contribution >= 4 is 29.3 Å². The van der Waals surface area contributed by atoms with Gasteiger partial charge in [0.05, 0.1) is 19.3 Å². The number of rotatable bonds is 6. The predicted octanol–water partition coefficient (Wildman–Crippen LogP) is 2.85. The number of amides is 2. The Balaban J connectivity index is 1.63. The molecule has 0 bridgehead atoms. The van der Waals surface area contributed by atoms with E-state index in [4.69, 9.17) is 4.74 Å². The lowest BCUT2D eigenvalue weighted by Gasteiger charge is -2.35. The third kappa shape index (κ3) is 6.06. The molecule has 6 nitrogen and oxygen atoms in total. The lowest BCUT2D eigenvalue weighted by atomic mass is 10.0. The summed E-state index contributed by atoms with van der Waals surface area (Å²) in [6.45, 7) is 5.33. The first kappa shape index (κ1) is 21.4. The fourth-order valence-corrected chi connectivity index (χ4v) is 3.75. The predicted molar refractivity (Wildman–Crippen MR) is 116 cm³/mol. The van der Waals surface area contributed by atoms with E-state index in [2.05, 4.69) is 39.8 Å². The molecule has 0 saturated carbocycles.